The third-order valence-electron chi connectivity index (χ3n) is 3.67. The third-order valence-corrected chi connectivity index (χ3v) is 3.67. The molecule has 0 spiro atoms. The lowest BCUT2D eigenvalue weighted by atomic mass is 9.86. The Labute approximate surface area is 131 Å². The van der Waals surface area contributed by atoms with Crippen molar-refractivity contribution in [1.29, 1.82) is 0 Å². The molecule has 1 aromatic heterocycles. The number of rotatable bonds is 4. The number of aliphatic hydroxyl groups is 1. The van der Waals surface area contributed by atoms with E-state index in [-0.39, 0.29) is 17.9 Å². The Kier molecular flexibility index (Phi) is 4.66. The van der Waals surface area contributed by atoms with Crippen molar-refractivity contribution < 1.29 is 9.90 Å². The van der Waals surface area contributed by atoms with Gasteiger partial charge >= 0.3 is 0 Å². The van der Waals surface area contributed by atoms with Crippen LogP contribution in [0, 0.1) is 0 Å². The minimum atomic E-state index is -0.730. The molecule has 2 N–H and O–H groups in total. The highest BCUT2D eigenvalue weighted by atomic mass is 16.3. The van der Waals surface area contributed by atoms with E-state index >= 15 is 0 Å². The largest absolute Gasteiger partial charge is 0.387 e. The molecule has 0 aliphatic heterocycles. The zero-order chi connectivity index (χ0) is 16.3. The molecular weight excluding hydrogens is 278 g/mol. The molecule has 1 unspecified atom stereocenters. The molecule has 2 rings (SSSR count). The van der Waals surface area contributed by atoms with E-state index in [1.165, 1.54) is 10.2 Å². The lowest BCUT2D eigenvalue weighted by molar-refractivity contribution is 0.0907. The normalized spacial score (nSPS) is 13.0. The van der Waals surface area contributed by atoms with Gasteiger partial charge in [-0.3, -0.25) is 9.48 Å². The van der Waals surface area contributed by atoms with Crippen LogP contribution in [0.15, 0.2) is 36.5 Å². The van der Waals surface area contributed by atoms with Crippen molar-refractivity contribution in [2.45, 2.75) is 32.3 Å². The van der Waals surface area contributed by atoms with E-state index in [1.54, 1.807) is 19.3 Å². The van der Waals surface area contributed by atoms with Crippen molar-refractivity contribution in [3.05, 3.63) is 53.3 Å². The minimum absolute atomic E-state index is 0.0806. The molecule has 1 atom stereocenters. The highest BCUT2D eigenvalue weighted by molar-refractivity contribution is 5.92. The minimum Gasteiger partial charge on any atom is -0.387 e. The van der Waals surface area contributed by atoms with Gasteiger partial charge in [-0.25, -0.2) is 0 Å². The van der Waals surface area contributed by atoms with E-state index < -0.39 is 6.10 Å². The van der Waals surface area contributed by atoms with Crippen LogP contribution >= 0.6 is 0 Å². The van der Waals surface area contributed by atoms with Crippen LogP contribution in [-0.2, 0) is 12.5 Å². The fourth-order valence-corrected chi connectivity index (χ4v) is 2.20. The molecule has 5 nitrogen and oxygen atoms in total. The van der Waals surface area contributed by atoms with E-state index in [1.807, 2.05) is 24.3 Å². The van der Waals surface area contributed by atoms with Gasteiger partial charge in [-0.2, -0.15) is 5.10 Å². The number of carbonyl (C=O) groups excluding carboxylic acids is 1. The number of nitrogens with zero attached hydrogens (tertiary/aromatic N) is 2. The SMILES string of the molecule is Cn1nccc1C(=O)NCC(O)c1ccc(C(C)(C)C)cc1. The molecule has 1 amide bonds. The fourth-order valence-electron chi connectivity index (χ4n) is 2.20. The summed E-state index contributed by atoms with van der Waals surface area (Å²) < 4.78 is 1.50. The zero-order valence-corrected chi connectivity index (χ0v) is 13.5. The first-order valence-corrected chi connectivity index (χ1v) is 7.34. The van der Waals surface area contributed by atoms with Crippen molar-refractivity contribution >= 4 is 5.91 Å². The molecule has 0 saturated carbocycles. The first-order chi connectivity index (χ1) is 10.3. The molecule has 22 heavy (non-hydrogen) atoms. The molecule has 118 valence electrons. The van der Waals surface area contributed by atoms with Crippen molar-refractivity contribution in [2.24, 2.45) is 7.05 Å². The fraction of sp³-hybridized carbons (Fsp3) is 0.412. The maximum Gasteiger partial charge on any atom is 0.269 e. The second kappa shape index (κ2) is 6.32. The Morgan fingerprint density at radius 1 is 1.27 bits per heavy atom. The molecule has 0 fully saturated rings. The van der Waals surface area contributed by atoms with Crippen LogP contribution in [0.4, 0.5) is 0 Å². The van der Waals surface area contributed by atoms with Crippen molar-refractivity contribution in [1.82, 2.24) is 15.1 Å². The quantitative estimate of drug-likeness (QED) is 0.909. The summed E-state index contributed by atoms with van der Waals surface area (Å²) >= 11 is 0. The van der Waals surface area contributed by atoms with E-state index in [4.69, 9.17) is 0 Å². The van der Waals surface area contributed by atoms with Crippen LogP contribution in [0.1, 0.15) is 48.5 Å². The van der Waals surface area contributed by atoms with Crippen LogP contribution in [0.3, 0.4) is 0 Å². The van der Waals surface area contributed by atoms with Gasteiger partial charge in [0.05, 0.1) is 6.10 Å². The van der Waals surface area contributed by atoms with Crippen molar-refractivity contribution in [3.8, 4) is 0 Å². The average molecular weight is 301 g/mol. The Morgan fingerprint density at radius 3 is 2.41 bits per heavy atom. The molecule has 1 aromatic carbocycles. The van der Waals surface area contributed by atoms with E-state index in [0.717, 1.165) is 5.56 Å². The van der Waals surface area contributed by atoms with Gasteiger partial charge in [0.25, 0.3) is 5.91 Å². The number of amides is 1. The summed E-state index contributed by atoms with van der Waals surface area (Å²) in [6, 6.07) is 9.48. The summed E-state index contributed by atoms with van der Waals surface area (Å²) in [6.45, 7) is 6.60. The number of aryl methyl sites for hydroxylation is 1. The smallest absolute Gasteiger partial charge is 0.269 e. The first kappa shape index (κ1) is 16.2. The van der Waals surface area contributed by atoms with Gasteiger partial charge in [-0.1, -0.05) is 45.0 Å². The number of benzene rings is 1. The predicted octanol–water partition coefficient (Wildman–Crippen LogP) is 2.18. The molecule has 0 radical (unpaired) electrons. The first-order valence-electron chi connectivity index (χ1n) is 7.34. The number of aromatic nitrogens is 2. The number of aliphatic hydroxyl groups excluding tert-OH is 1. The van der Waals surface area contributed by atoms with E-state index in [0.29, 0.717) is 5.69 Å². The summed E-state index contributed by atoms with van der Waals surface area (Å²) in [5.41, 5.74) is 2.55. The molecule has 1 heterocycles. The average Bonchev–Trinajstić information content (AvgIpc) is 2.90. The molecule has 0 bridgehead atoms. The number of carbonyl (C=O) groups is 1. The highest BCUT2D eigenvalue weighted by Gasteiger charge is 2.16. The predicted molar refractivity (Wildman–Crippen MR) is 85.6 cm³/mol. The van der Waals surface area contributed by atoms with Crippen LogP contribution in [0.25, 0.3) is 0 Å². The molecule has 5 heteroatoms. The Morgan fingerprint density at radius 2 is 1.91 bits per heavy atom. The maximum atomic E-state index is 12.0. The van der Waals surface area contributed by atoms with Crippen LogP contribution in [0.5, 0.6) is 0 Å². The summed E-state index contributed by atoms with van der Waals surface area (Å²) in [4.78, 5) is 12.0. The molecule has 0 aliphatic rings. The van der Waals surface area contributed by atoms with Gasteiger partial charge in [-0.15, -0.1) is 0 Å². The van der Waals surface area contributed by atoms with Crippen LogP contribution < -0.4 is 5.32 Å². The summed E-state index contributed by atoms with van der Waals surface area (Å²) in [7, 11) is 1.70. The zero-order valence-electron chi connectivity index (χ0n) is 13.5. The summed E-state index contributed by atoms with van der Waals surface area (Å²) in [5, 5.41) is 16.9. The molecule has 0 aliphatic carbocycles. The maximum absolute atomic E-state index is 12.0. The number of hydrogen-bond acceptors (Lipinski definition) is 3. The molecule has 2 aromatic rings. The van der Waals surface area contributed by atoms with Gasteiger partial charge in [0.2, 0.25) is 0 Å². The Balaban J connectivity index is 1.96. The van der Waals surface area contributed by atoms with Gasteiger partial charge < -0.3 is 10.4 Å². The van der Waals surface area contributed by atoms with Gasteiger partial charge in [-0.05, 0) is 22.6 Å². The van der Waals surface area contributed by atoms with Crippen molar-refractivity contribution in [3.63, 3.8) is 0 Å². The standard InChI is InChI=1S/C17H23N3O2/c1-17(2,3)13-7-5-12(6-8-13)15(21)11-18-16(22)14-9-10-19-20(14)4/h5-10,15,21H,11H2,1-4H3,(H,18,22). The highest BCUT2D eigenvalue weighted by Crippen LogP contribution is 2.23. The topological polar surface area (TPSA) is 67.2 Å². The number of hydrogen-bond donors (Lipinski definition) is 2. The third kappa shape index (κ3) is 3.74. The monoisotopic (exact) mass is 301 g/mol. The van der Waals surface area contributed by atoms with E-state index in [2.05, 4.69) is 31.2 Å². The Bertz CT molecular complexity index is 639. The summed E-state index contributed by atoms with van der Waals surface area (Å²) in [6.07, 6.45) is 0.836. The molecular formula is C17H23N3O2. The second-order valence-corrected chi connectivity index (χ2v) is 6.44. The van der Waals surface area contributed by atoms with Crippen molar-refractivity contribution in [2.75, 3.05) is 6.54 Å². The second-order valence-electron chi connectivity index (χ2n) is 6.44. The number of nitrogens with one attached hydrogen (secondary N) is 1. The van der Waals surface area contributed by atoms with Gasteiger partial charge in [0.1, 0.15) is 5.69 Å². The van der Waals surface area contributed by atoms with E-state index in [9.17, 15) is 9.90 Å². The van der Waals surface area contributed by atoms with Crippen LogP contribution in [0.2, 0.25) is 0 Å². The summed E-state index contributed by atoms with van der Waals surface area (Å²) in [5.74, 6) is -0.245. The Hall–Kier alpha value is -2.14. The van der Waals surface area contributed by atoms with Gasteiger partial charge in [0.15, 0.2) is 0 Å². The molecule has 0 saturated heterocycles. The lowest BCUT2D eigenvalue weighted by Crippen LogP contribution is -2.29. The van der Waals surface area contributed by atoms with Gasteiger partial charge in [0, 0.05) is 19.8 Å². The lowest BCUT2D eigenvalue weighted by Gasteiger charge is -2.20. The van der Waals surface area contributed by atoms with Crippen LogP contribution in [-0.4, -0.2) is 27.3 Å².